The van der Waals surface area contributed by atoms with Crippen LogP contribution in [0.2, 0.25) is 0 Å². The summed E-state index contributed by atoms with van der Waals surface area (Å²) in [5.41, 5.74) is 0.605. The highest BCUT2D eigenvalue weighted by Gasteiger charge is 2.30. The summed E-state index contributed by atoms with van der Waals surface area (Å²) in [6.45, 7) is 2.42. The van der Waals surface area contributed by atoms with Crippen LogP contribution >= 0.6 is 0 Å². The van der Waals surface area contributed by atoms with E-state index >= 15 is 0 Å². The maximum absolute atomic E-state index is 12.3. The Balaban J connectivity index is 2.85. The fourth-order valence-corrected chi connectivity index (χ4v) is 1.49. The van der Waals surface area contributed by atoms with Crippen LogP contribution < -0.4 is 0 Å². The van der Waals surface area contributed by atoms with E-state index in [2.05, 4.69) is 10.3 Å². The summed E-state index contributed by atoms with van der Waals surface area (Å²) < 4.78 is 37.7. The average Bonchev–Trinajstić information content (AvgIpc) is 2.54. The third-order valence-electron chi connectivity index (χ3n) is 2.36. The van der Waals surface area contributed by atoms with Gasteiger partial charge in [-0.05, 0) is 18.8 Å². The molecule has 1 aromatic rings. The number of alkyl halides is 3. The summed E-state index contributed by atoms with van der Waals surface area (Å²) >= 11 is 0. The fourth-order valence-electron chi connectivity index (χ4n) is 1.49. The minimum Gasteiger partial charge on any atom is -0.390 e. The van der Waals surface area contributed by atoms with Crippen LogP contribution in [0.25, 0.3) is 0 Å². The second-order valence-corrected chi connectivity index (χ2v) is 4.35. The molecule has 0 spiro atoms. The molecule has 98 valence electrons. The van der Waals surface area contributed by atoms with Gasteiger partial charge in [0.15, 0.2) is 0 Å². The smallest absolute Gasteiger partial charge is 0.390 e. The standard InChI is InChI=1S/C10H16F3N3O/c1-7(2)3-4-9-8(5-17)14-15-16(9)6-10(11,12)13/h7,17H,3-6H2,1-2H3. The van der Waals surface area contributed by atoms with Crippen LogP contribution in [-0.4, -0.2) is 26.3 Å². The largest absolute Gasteiger partial charge is 0.408 e. The summed E-state index contributed by atoms with van der Waals surface area (Å²) in [6.07, 6.45) is -3.15. The SMILES string of the molecule is CC(C)CCc1c(CO)nnn1CC(F)(F)F. The van der Waals surface area contributed by atoms with Crippen molar-refractivity contribution in [3.8, 4) is 0 Å². The van der Waals surface area contributed by atoms with Crippen molar-refractivity contribution >= 4 is 0 Å². The van der Waals surface area contributed by atoms with Gasteiger partial charge in [-0.3, -0.25) is 0 Å². The number of aromatic nitrogens is 3. The highest BCUT2D eigenvalue weighted by atomic mass is 19.4. The molecule has 0 radical (unpaired) electrons. The van der Waals surface area contributed by atoms with Crippen molar-refractivity contribution in [3.63, 3.8) is 0 Å². The van der Waals surface area contributed by atoms with E-state index in [1.807, 2.05) is 13.8 Å². The molecule has 7 heteroatoms. The zero-order valence-electron chi connectivity index (χ0n) is 9.83. The van der Waals surface area contributed by atoms with Gasteiger partial charge in [0.05, 0.1) is 12.3 Å². The first-order valence-electron chi connectivity index (χ1n) is 5.42. The van der Waals surface area contributed by atoms with E-state index in [0.717, 1.165) is 11.1 Å². The lowest BCUT2D eigenvalue weighted by Crippen LogP contribution is -2.21. The zero-order valence-corrected chi connectivity index (χ0v) is 9.83. The highest BCUT2D eigenvalue weighted by Crippen LogP contribution is 2.20. The molecule has 0 aliphatic rings. The monoisotopic (exact) mass is 251 g/mol. The quantitative estimate of drug-likeness (QED) is 0.869. The Morgan fingerprint density at radius 3 is 2.47 bits per heavy atom. The first-order chi connectivity index (χ1) is 7.83. The lowest BCUT2D eigenvalue weighted by molar-refractivity contribution is -0.143. The fraction of sp³-hybridized carbons (Fsp3) is 0.800. The third kappa shape index (κ3) is 4.33. The Labute approximate surface area is 97.4 Å². The van der Waals surface area contributed by atoms with Gasteiger partial charge >= 0.3 is 6.18 Å². The van der Waals surface area contributed by atoms with Crippen LogP contribution in [-0.2, 0) is 19.6 Å². The minimum absolute atomic E-state index is 0.231. The number of hydrogen-bond donors (Lipinski definition) is 1. The predicted octanol–water partition coefficient (Wildman–Crippen LogP) is 1.92. The number of nitrogens with zero attached hydrogens (tertiary/aromatic N) is 3. The molecule has 4 nitrogen and oxygen atoms in total. The predicted molar refractivity (Wildman–Crippen MR) is 55.2 cm³/mol. The molecule has 0 atom stereocenters. The molecule has 0 saturated heterocycles. The van der Waals surface area contributed by atoms with Gasteiger partial charge in [0, 0.05) is 0 Å². The maximum atomic E-state index is 12.3. The molecular formula is C10H16F3N3O. The van der Waals surface area contributed by atoms with Crippen LogP contribution in [0.15, 0.2) is 0 Å². The van der Waals surface area contributed by atoms with E-state index in [1.165, 1.54) is 0 Å². The Hall–Kier alpha value is -1.11. The van der Waals surface area contributed by atoms with E-state index in [0.29, 0.717) is 18.0 Å². The van der Waals surface area contributed by atoms with Gasteiger partial charge in [-0.25, -0.2) is 4.68 Å². The lowest BCUT2D eigenvalue weighted by atomic mass is 10.1. The van der Waals surface area contributed by atoms with Crippen LogP contribution in [0.1, 0.15) is 31.7 Å². The maximum Gasteiger partial charge on any atom is 0.408 e. The molecule has 0 fully saturated rings. The average molecular weight is 251 g/mol. The van der Waals surface area contributed by atoms with E-state index < -0.39 is 12.7 Å². The van der Waals surface area contributed by atoms with Crippen LogP contribution in [0.5, 0.6) is 0 Å². The van der Waals surface area contributed by atoms with Crippen molar-refractivity contribution in [3.05, 3.63) is 11.4 Å². The number of hydrogen-bond acceptors (Lipinski definition) is 3. The Morgan fingerprint density at radius 1 is 1.35 bits per heavy atom. The molecule has 1 aromatic heterocycles. The van der Waals surface area contributed by atoms with Gasteiger partial charge in [-0.1, -0.05) is 19.1 Å². The van der Waals surface area contributed by atoms with E-state index in [9.17, 15) is 13.2 Å². The second kappa shape index (κ2) is 5.48. The first kappa shape index (κ1) is 14.0. The summed E-state index contributed by atoms with van der Waals surface area (Å²) in [5, 5.41) is 16.0. The van der Waals surface area contributed by atoms with Crippen LogP contribution in [0.3, 0.4) is 0 Å². The molecule has 1 N–H and O–H groups in total. The molecular weight excluding hydrogens is 235 g/mol. The summed E-state index contributed by atoms with van der Waals surface area (Å²) in [5.74, 6) is 0.371. The van der Waals surface area contributed by atoms with E-state index in [-0.39, 0.29) is 12.3 Å². The molecule has 0 bridgehead atoms. The van der Waals surface area contributed by atoms with Gasteiger partial charge in [-0.2, -0.15) is 13.2 Å². The van der Waals surface area contributed by atoms with Gasteiger partial charge in [0.1, 0.15) is 12.2 Å². The third-order valence-corrected chi connectivity index (χ3v) is 2.36. The Morgan fingerprint density at radius 2 is 2.00 bits per heavy atom. The Kier molecular flexibility index (Phi) is 4.50. The minimum atomic E-state index is -4.33. The molecule has 0 aliphatic heterocycles. The number of aliphatic hydroxyl groups excluding tert-OH is 1. The van der Waals surface area contributed by atoms with Crippen molar-refractivity contribution in [1.82, 2.24) is 15.0 Å². The van der Waals surface area contributed by atoms with Crippen molar-refractivity contribution in [2.24, 2.45) is 5.92 Å². The number of rotatable bonds is 5. The molecule has 0 aromatic carbocycles. The second-order valence-electron chi connectivity index (χ2n) is 4.35. The lowest BCUT2D eigenvalue weighted by Gasteiger charge is -2.11. The molecule has 0 saturated carbocycles. The summed E-state index contributed by atoms with van der Waals surface area (Å²) in [7, 11) is 0. The number of aliphatic hydroxyl groups is 1. The summed E-state index contributed by atoms with van der Waals surface area (Å²) in [4.78, 5) is 0. The van der Waals surface area contributed by atoms with Gasteiger partial charge in [0.2, 0.25) is 0 Å². The van der Waals surface area contributed by atoms with E-state index in [1.54, 1.807) is 0 Å². The Bertz CT molecular complexity index is 360. The van der Waals surface area contributed by atoms with Crippen molar-refractivity contribution in [1.29, 1.82) is 0 Å². The van der Waals surface area contributed by atoms with E-state index in [4.69, 9.17) is 5.11 Å². The molecule has 0 amide bonds. The molecule has 0 unspecified atom stereocenters. The molecule has 1 heterocycles. The molecule has 1 rings (SSSR count). The first-order valence-corrected chi connectivity index (χ1v) is 5.42. The highest BCUT2D eigenvalue weighted by molar-refractivity contribution is 5.09. The van der Waals surface area contributed by atoms with Crippen LogP contribution in [0, 0.1) is 5.92 Å². The molecule has 0 aliphatic carbocycles. The van der Waals surface area contributed by atoms with Crippen molar-refractivity contribution < 1.29 is 18.3 Å². The number of halogens is 3. The topological polar surface area (TPSA) is 50.9 Å². The summed E-state index contributed by atoms with van der Waals surface area (Å²) in [6, 6.07) is 0. The van der Waals surface area contributed by atoms with Crippen molar-refractivity contribution in [2.45, 2.75) is 46.0 Å². The normalized spacial score (nSPS) is 12.4. The molecule has 17 heavy (non-hydrogen) atoms. The van der Waals surface area contributed by atoms with Gasteiger partial charge in [-0.15, -0.1) is 5.10 Å². The van der Waals surface area contributed by atoms with Gasteiger partial charge < -0.3 is 5.11 Å². The van der Waals surface area contributed by atoms with Gasteiger partial charge in [0.25, 0.3) is 0 Å². The van der Waals surface area contributed by atoms with Crippen LogP contribution in [0.4, 0.5) is 13.2 Å². The van der Waals surface area contributed by atoms with Crippen molar-refractivity contribution in [2.75, 3.05) is 0 Å². The zero-order chi connectivity index (χ0) is 13.1.